The van der Waals surface area contributed by atoms with Crippen LogP contribution in [0.15, 0.2) is 42.5 Å². The van der Waals surface area contributed by atoms with E-state index in [2.05, 4.69) is 36.3 Å². The Morgan fingerprint density at radius 1 is 1.19 bits per heavy atom. The van der Waals surface area contributed by atoms with Gasteiger partial charge in [-0.2, -0.15) is 0 Å². The van der Waals surface area contributed by atoms with Crippen LogP contribution < -0.4 is 5.32 Å². The lowest BCUT2D eigenvalue weighted by Gasteiger charge is -2.58. The number of fused-ring (bicyclic) bond motifs is 5. The van der Waals surface area contributed by atoms with E-state index in [1.807, 2.05) is 29.2 Å². The standard InChI is InChI=1S/C22H25N3O2/c1-22-9-10-24(2)19(11-14-7-8-16(26)12-17(14)22)20(22)25-13-15-5-3-4-6-18(15)23-21(25)27/h3-8,12,19-20,26H,9-11,13H2,1-2H3,(H,23,27). The van der Waals surface area contributed by atoms with Gasteiger partial charge in [0.1, 0.15) is 5.75 Å². The maximum absolute atomic E-state index is 13.1. The molecule has 2 heterocycles. The number of hydrogen-bond donors (Lipinski definition) is 2. The molecule has 1 fully saturated rings. The van der Waals surface area contributed by atoms with Crippen LogP contribution in [-0.4, -0.2) is 46.6 Å². The first-order valence-corrected chi connectivity index (χ1v) is 9.65. The molecule has 3 atom stereocenters. The van der Waals surface area contributed by atoms with Gasteiger partial charge in [-0.15, -0.1) is 0 Å². The highest BCUT2D eigenvalue weighted by Crippen LogP contribution is 2.48. The van der Waals surface area contributed by atoms with Crippen LogP contribution in [-0.2, 0) is 18.4 Å². The number of carbonyl (C=O) groups excluding carboxylic acids is 1. The molecule has 140 valence electrons. The molecule has 2 aliphatic heterocycles. The summed E-state index contributed by atoms with van der Waals surface area (Å²) in [7, 11) is 2.17. The maximum atomic E-state index is 13.1. The van der Waals surface area contributed by atoms with Crippen molar-refractivity contribution >= 4 is 11.7 Å². The Kier molecular flexibility index (Phi) is 3.53. The average molecular weight is 363 g/mol. The van der Waals surface area contributed by atoms with E-state index in [0.717, 1.165) is 30.6 Å². The van der Waals surface area contributed by atoms with E-state index in [4.69, 9.17) is 0 Å². The molecule has 2 bridgehead atoms. The molecule has 5 rings (SSSR count). The van der Waals surface area contributed by atoms with E-state index in [9.17, 15) is 9.90 Å². The number of likely N-dealkylation sites (N-methyl/N-ethyl adjacent to an activating group) is 1. The number of nitrogens with zero attached hydrogens (tertiary/aromatic N) is 2. The van der Waals surface area contributed by atoms with Crippen molar-refractivity contribution in [2.24, 2.45) is 0 Å². The van der Waals surface area contributed by atoms with Crippen molar-refractivity contribution in [2.45, 2.75) is 43.8 Å². The second-order valence-corrected chi connectivity index (χ2v) is 8.42. The lowest BCUT2D eigenvalue weighted by molar-refractivity contribution is 0.00765. The number of benzene rings is 2. The molecule has 2 N–H and O–H groups in total. The summed E-state index contributed by atoms with van der Waals surface area (Å²) in [5.41, 5.74) is 4.39. The first kappa shape index (κ1) is 16.6. The Morgan fingerprint density at radius 2 is 2.00 bits per heavy atom. The maximum Gasteiger partial charge on any atom is 0.322 e. The van der Waals surface area contributed by atoms with Crippen LogP contribution >= 0.6 is 0 Å². The summed E-state index contributed by atoms with van der Waals surface area (Å²) in [6.07, 6.45) is 1.87. The molecule has 5 nitrogen and oxygen atoms in total. The van der Waals surface area contributed by atoms with Crippen molar-refractivity contribution in [1.82, 2.24) is 9.80 Å². The Labute approximate surface area is 159 Å². The summed E-state index contributed by atoms with van der Waals surface area (Å²) in [6, 6.07) is 14.1. The molecule has 0 saturated carbocycles. The van der Waals surface area contributed by atoms with Crippen LogP contribution in [0.1, 0.15) is 30.0 Å². The van der Waals surface area contributed by atoms with Crippen molar-refractivity contribution in [2.75, 3.05) is 18.9 Å². The quantitative estimate of drug-likeness (QED) is 0.817. The third-order valence-electron chi connectivity index (χ3n) is 6.90. The molecule has 2 aromatic carbocycles. The monoisotopic (exact) mass is 363 g/mol. The lowest BCUT2D eigenvalue weighted by atomic mass is 9.61. The van der Waals surface area contributed by atoms with Crippen molar-refractivity contribution in [3.05, 3.63) is 59.2 Å². The third-order valence-corrected chi connectivity index (χ3v) is 6.90. The second-order valence-electron chi connectivity index (χ2n) is 8.42. The predicted molar refractivity (Wildman–Crippen MR) is 105 cm³/mol. The van der Waals surface area contributed by atoms with Crippen molar-refractivity contribution in [3.63, 3.8) is 0 Å². The summed E-state index contributed by atoms with van der Waals surface area (Å²) in [4.78, 5) is 17.5. The minimum Gasteiger partial charge on any atom is -0.508 e. The summed E-state index contributed by atoms with van der Waals surface area (Å²) in [5, 5.41) is 13.2. The number of hydrogen-bond acceptors (Lipinski definition) is 3. The van der Waals surface area contributed by atoms with E-state index in [0.29, 0.717) is 12.3 Å². The van der Waals surface area contributed by atoms with Gasteiger partial charge in [-0.25, -0.2) is 4.79 Å². The van der Waals surface area contributed by atoms with Gasteiger partial charge in [0.15, 0.2) is 0 Å². The van der Waals surface area contributed by atoms with E-state index in [1.165, 1.54) is 11.1 Å². The Hall–Kier alpha value is -2.53. The minimum atomic E-state index is -0.173. The first-order valence-electron chi connectivity index (χ1n) is 9.65. The van der Waals surface area contributed by atoms with E-state index >= 15 is 0 Å². The highest BCUT2D eigenvalue weighted by Gasteiger charge is 2.54. The van der Waals surface area contributed by atoms with Gasteiger partial charge in [-0.05, 0) is 61.3 Å². The number of rotatable bonds is 1. The fourth-order valence-electron chi connectivity index (χ4n) is 5.45. The Morgan fingerprint density at radius 3 is 2.85 bits per heavy atom. The number of amides is 2. The number of urea groups is 1. The summed E-state index contributed by atoms with van der Waals surface area (Å²) >= 11 is 0. The van der Waals surface area contributed by atoms with Crippen molar-refractivity contribution < 1.29 is 9.90 Å². The van der Waals surface area contributed by atoms with E-state index < -0.39 is 0 Å². The zero-order valence-corrected chi connectivity index (χ0v) is 15.8. The highest BCUT2D eigenvalue weighted by atomic mass is 16.3. The van der Waals surface area contributed by atoms with Gasteiger partial charge in [-0.3, -0.25) is 0 Å². The summed E-state index contributed by atoms with van der Waals surface area (Å²) in [6.45, 7) is 3.89. The molecule has 2 aromatic rings. The number of nitrogens with one attached hydrogen (secondary N) is 1. The van der Waals surface area contributed by atoms with Crippen molar-refractivity contribution in [3.8, 4) is 5.75 Å². The SMILES string of the molecule is CN1CCC2(C)c3cc(O)ccc3CC1C2N1Cc2ccccc2NC1=O. The number of phenols is 1. The Balaban J connectivity index is 1.62. The van der Waals surface area contributed by atoms with E-state index in [-0.39, 0.29) is 23.5 Å². The van der Waals surface area contributed by atoms with Crippen LogP contribution in [0.5, 0.6) is 5.75 Å². The minimum absolute atomic E-state index is 0.0196. The molecular weight excluding hydrogens is 338 g/mol. The second kappa shape index (κ2) is 5.73. The van der Waals surface area contributed by atoms with Crippen LogP contribution in [0.4, 0.5) is 10.5 Å². The number of piperidine rings is 1. The molecular formula is C22H25N3O2. The van der Waals surface area contributed by atoms with Gasteiger partial charge in [0.05, 0.1) is 6.04 Å². The number of para-hydroxylation sites is 1. The molecule has 0 spiro atoms. The lowest BCUT2D eigenvalue weighted by Crippen LogP contribution is -2.68. The van der Waals surface area contributed by atoms with E-state index in [1.54, 1.807) is 6.07 Å². The zero-order chi connectivity index (χ0) is 18.8. The van der Waals surface area contributed by atoms with Gasteiger partial charge >= 0.3 is 6.03 Å². The van der Waals surface area contributed by atoms with Gasteiger partial charge in [-0.1, -0.05) is 31.2 Å². The summed E-state index contributed by atoms with van der Waals surface area (Å²) in [5.74, 6) is 0.305. The van der Waals surface area contributed by atoms with Gasteiger partial charge < -0.3 is 20.2 Å². The molecule has 27 heavy (non-hydrogen) atoms. The molecule has 3 aliphatic rings. The molecule has 1 aliphatic carbocycles. The molecule has 2 amide bonds. The molecule has 5 heteroatoms. The van der Waals surface area contributed by atoms with Crippen LogP contribution in [0, 0.1) is 0 Å². The number of anilines is 1. The summed E-state index contributed by atoms with van der Waals surface area (Å²) < 4.78 is 0. The third kappa shape index (κ3) is 2.38. The molecule has 0 radical (unpaired) electrons. The fourth-order valence-corrected chi connectivity index (χ4v) is 5.45. The zero-order valence-electron chi connectivity index (χ0n) is 15.8. The number of likely N-dealkylation sites (tertiary alicyclic amines) is 1. The number of phenolic OH excluding ortho intramolecular Hbond substituents is 1. The van der Waals surface area contributed by atoms with Crippen LogP contribution in [0.2, 0.25) is 0 Å². The highest BCUT2D eigenvalue weighted by molar-refractivity contribution is 5.92. The number of aromatic hydroxyl groups is 1. The normalized spacial score (nSPS) is 29.7. The fraction of sp³-hybridized carbons (Fsp3) is 0.409. The van der Waals surface area contributed by atoms with Gasteiger partial charge in [0.2, 0.25) is 0 Å². The van der Waals surface area contributed by atoms with Crippen LogP contribution in [0.25, 0.3) is 0 Å². The topological polar surface area (TPSA) is 55.8 Å². The predicted octanol–water partition coefficient (Wildman–Crippen LogP) is 3.33. The number of carbonyl (C=O) groups is 1. The average Bonchev–Trinajstić information content (AvgIpc) is 2.65. The van der Waals surface area contributed by atoms with Crippen LogP contribution in [0.3, 0.4) is 0 Å². The largest absolute Gasteiger partial charge is 0.508 e. The van der Waals surface area contributed by atoms with Gasteiger partial charge in [0.25, 0.3) is 0 Å². The molecule has 1 saturated heterocycles. The first-order chi connectivity index (χ1) is 13.0. The molecule has 3 unspecified atom stereocenters. The Bertz CT molecular complexity index is 928. The van der Waals surface area contributed by atoms with Gasteiger partial charge in [0, 0.05) is 23.7 Å². The molecule has 0 aromatic heterocycles. The smallest absolute Gasteiger partial charge is 0.322 e. The van der Waals surface area contributed by atoms with Crippen molar-refractivity contribution in [1.29, 1.82) is 0 Å².